The average molecular weight is 541 g/mol. The minimum Gasteiger partial charge on any atom is -0.475 e. The number of aromatic nitrogens is 4. The third-order valence-corrected chi connectivity index (χ3v) is 5.18. The monoisotopic (exact) mass is 541 g/mol. The number of alkyl halides is 6. The van der Waals surface area contributed by atoms with Crippen molar-refractivity contribution in [3.05, 3.63) is 36.0 Å². The third kappa shape index (κ3) is 9.51. The number of ether oxygens (including phenoxy) is 1. The number of carbonyl (C=O) groups is 2. The van der Waals surface area contributed by atoms with E-state index < -0.39 is 24.3 Å². The fraction of sp³-hybridized carbons (Fsp3) is 0.571. The lowest BCUT2D eigenvalue weighted by Crippen LogP contribution is -2.37. The summed E-state index contributed by atoms with van der Waals surface area (Å²) >= 11 is 0. The van der Waals surface area contributed by atoms with Gasteiger partial charge in [0.15, 0.2) is 0 Å². The number of hydrogen-bond donors (Lipinski definition) is 2. The summed E-state index contributed by atoms with van der Waals surface area (Å²) in [5.41, 5.74) is 2.68. The van der Waals surface area contributed by atoms with Crippen LogP contribution in [0.5, 0.6) is 0 Å². The molecule has 1 atom stereocenters. The fourth-order valence-corrected chi connectivity index (χ4v) is 3.38. The van der Waals surface area contributed by atoms with Crippen LogP contribution in [0.3, 0.4) is 0 Å². The van der Waals surface area contributed by atoms with Gasteiger partial charge in [0.1, 0.15) is 12.1 Å². The van der Waals surface area contributed by atoms with Crippen molar-refractivity contribution in [1.29, 1.82) is 0 Å². The van der Waals surface area contributed by atoms with Crippen LogP contribution in [0, 0.1) is 5.92 Å². The molecule has 4 rings (SSSR count). The van der Waals surface area contributed by atoms with E-state index in [2.05, 4.69) is 24.6 Å². The van der Waals surface area contributed by atoms with E-state index in [-0.39, 0.29) is 0 Å². The molecular weight excluding hydrogens is 516 g/mol. The van der Waals surface area contributed by atoms with E-state index >= 15 is 0 Å². The van der Waals surface area contributed by atoms with Crippen LogP contribution in [0.15, 0.2) is 24.8 Å². The summed E-state index contributed by atoms with van der Waals surface area (Å²) < 4.78 is 71.5. The third-order valence-electron chi connectivity index (χ3n) is 5.18. The van der Waals surface area contributed by atoms with Gasteiger partial charge in [-0.1, -0.05) is 0 Å². The van der Waals surface area contributed by atoms with Crippen molar-refractivity contribution in [3.63, 3.8) is 0 Å². The molecule has 1 saturated carbocycles. The maximum absolute atomic E-state index is 10.6. The van der Waals surface area contributed by atoms with Gasteiger partial charge in [0.2, 0.25) is 0 Å². The maximum atomic E-state index is 10.6. The number of hydrogen-bond acceptors (Lipinski definition) is 7. The lowest BCUT2D eigenvalue weighted by molar-refractivity contribution is -0.193. The molecule has 206 valence electrons. The van der Waals surface area contributed by atoms with E-state index in [1.807, 2.05) is 19.2 Å². The van der Waals surface area contributed by atoms with Gasteiger partial charge in [0, 0.05) is 43.9 Å². The molecule has 2 aromatic rings. The molecule has 3 heterocycles. The summed E-state index contributed by atoms with van der Waals surface area (Å²) in [7, 11) is 0. The molecule has 1 unspecified atom stereocenters. The van der Waals surface area contributed by atoms with Crippen LogP contribution < -0.4 is 4.90 Å². The SMILES string of the molecule is CCOCC1CN(c2ccncn2)Cc2cnn(CC3CC3)c21.O=C(O)C(F)(F)F.O=C(O)C(F)(F)F. The molecule has 2 aliphatic rings. The number of carboxylic acids is 2. The topological polar surface area (TPSA) is 131 Å². The van der Waals surface area contributed by atoms with Crippen LogP contribution in [0.4, 0.5) is 32.2 Å². The Morgan fingerprint density at radius 2 is 1.70 bits per heavy atom. The van der Waals surface area contributed by atoms with E-state index in [1.165, 1.54) is 24.1 Å². The first-order valence-electron chi connectivity index (χ1n) is 11.0. The molecule has 1 fully saturated rings. The highest BCUT2D eigenvalue weighted by atomic mass is 19.4. The average Bonchev–Trinajstić information content (AvgIpc) is 3.55. The van der Waals surface area contributed by atoms with Crippen LogP contribution in [0.2, 0.25) is 0 Å². The summed E-state index contributed by atoms with van der Waals surface area (Å²) in [5.74, 6) is -3.37. The molecule has 16 heteroatoms. The second kappa shape index (κ2) is 12.7. The van der Waals surface area contributed by atoms with Gasteiger partial charge in [0.25, 0.3) is 0 Å². The Morgan fingerprint density at radius 3 is 2.16 bits per heavy atom. The van der Waals surface area contributed by atoms with E-state index in [4.69, 9.17) is 24.5 Å². The molecule has 0 saturated heterocycles. The molecule has 37 heavy (non-hydrogen) atoms. The lowest BCUT2D eigenvalue weighted by Gasteiger charge is -2.34. The number of rotatable bonds is 6. The largest absolute Gasteiger partial charge is 0.490 e. The Balaban J connectivity index is 0.000000286. The van der Waals surface area contributed by atoms with Crippen molar-refractivity contribution in [2.45, 2.75) is 51.1 Å². The fourth-order valence-electron chi connectivity index (χ4n) is 3.38. The minimum atomic E-state index is -5.08. The van der Waals surface area contributed by atoms with Crippen molar-refractivity contribution in [3.8, 4) is 0 Å². The van der Waals surface area contributed by atoms with Crippen LogP contribution in [-0.4, -0.2) is 74.0 Å². The highest BCUT2D eigenvalue weighted by Crippen LogP contribution is 2.35. The summed E-state index contributed by atoms with van der Waals surface area (Å²) in [6, 6.07) is 1.97. The number of halogens is 6. The predicted molar refractivity (Wildman–Crippen MR) is 115 cm³/mol. The van der Waals surface area contributed by atoms with Crippen molar-refractivity contribution < 1.29 is 50.9 Å². The van der Waals surface area contributed by atoms with Crippen LogP contribution >= 0.6 is 0 Å². The van der Waals surface area contributed by atoms with Crippen molar-refractivity contribution in [2.75, 3.05) is 24.7 Å². The number of carboxylic acid groups (broad SMARTS) is 2. The quantitative estimate of drug-likeness (QED) is 0.528. The zero-order valence-corrected chi connectivity index (χ0v) is 19.5. The van der Waals surface area contributed by atoms with Gasteiger partial charge < -0.3 is 19.8 Å². The van der Waals surface area contributed by atoms with Gasteiger partial charge in [-0.05, 0) is 31.7 Å². The van der Waals surface area contributed by atoms with Gasteiger partial charge in [-0.25, -0.2) is 19.6 Å². The zero-order chi connectivity index (χ0) is 27.8. The molecule has 2 N–H and O–H groups in total. The van der Waals surface area contributed by atoms with Gasteiger partial charge in [-0.15, -0.1) is 0 Å². The maximum Gasteiger partial charge on any atom is 0.490 e. The first-order chi connectivity index (χ1) is 17.2. The standard InChI is InChI=1S/C17H23N5O.2C2HF3O2/c1-2-23-11-15-10-21(16-5-6-18-12-19-16)9-14-7-20-22(17(14)15)8-13-3-4-13;2*3-2(4,5)1(6)7/h5-7,12-13,15H,2-4,8-11H2,1H3;2*(H,6,7). The van der Waals surface area contributed by atoms with Crippen LogP contribution in [0.1, 0.15) is 36.9 Å². The van der Waals surface area contributed by atoms with E-state index in [0.29, 0.717) is 5.92 Å². The molecule has 1 aliphatic heterocycles. The highest BCUT2D eigenvalue weighted by molar-refractivity contribution is 5.73. The number of anilines is 1. The smallest absolute Gasteiger partial charge is 0.475 e. The van der Waals surface area contributed by atoms with Crippen molar-refractivity contribution in [2.24, 2.45) is 5.92 Å². The van der Waals surface area contributed by atoms with E-state index in [1.54, 1.807) is 12.5 Å². The van der Waals surface area contributed by atoms with E-state index in [9.17, 15) is 26.3 Å². The van der Waals surface area contributed by atoms with Gasteiger partial charge in [-0.3, -0.25) is 4.68 Å². The zero-order valence-electron chi connectivity index (χ0n) is 19.5. The highest BCUT2D eigenvalue weighted by Gasteiger charge is 2.39. The molecule has 10 nitrogen and oxygen atoms in total. The molecule has 0 aromatic carbocycles. The van der Waals surface area contributed by atoms with Gasteiger partial charge in [0.05, 0.1) is 18.5 Å². The molecule has 0 amide bonds. The Kier molecular flexibility index (Phi) is 10.2. The predicted octanol–water partition coefficient (Wildman–Crippen LogP) is 3.49. The molecule has 0 bridgehead atoms. The molecule has 0 spiro atoms. The summed E-state index contributed by atoms with van der Waals surface area (Å²) in [4.78, 5) is 28.5. The Bertz CT molecular complexity index is 1000. The Morgan fingerprint density at radius 1 is 1.11 bits per heavy atom. The summed E-state index contributed by atoms with van der Waals surface area (Å²) in [6.45, 7) is 6.37. The van der Waals surface area contributed by atoms with Crippen LogP contribution in [-0.2, 0) is 27.4 Å². The first kappa shape index (κ1) is 29.8. The Labute approximate surface area is 206 Å². The van der Waals surface area contributed by atoms with Gasteiger partial charge in [-0.2, -0.15) is 31.4 Å². The van der Waals surface area contributed by atoms with Crippen molar-refractivity contribution >= 4 is 17.8 Å². The summed E-state index contributed by atoms with van der Waals surface area (Å²) in [6.07, 6.45) is -2.04. The second-order valence-corrected chi connectivity index (χ2v) is 8.09. The number of nitrogens with zero attached hydrogens (tertiary/aromatic N) is 5. The van der Waals surface area contributed by atoms with Crippen molar-refractivity contribution in [1.82, 2.24) is 19.7 Å². The molecule has 1 aliphatic carbocycles. The van der Waals surface area contributed by atoms with Crippen LogP contribution in [0.25, 0.3) is 0 Å². The second-order valence-electron chi connectivity index (χ2n) is 8.09. The lowest BCUT2D eigenvalue weighted by atomic mass is 9.96. The molecule has 2 aromatic heterocycles. The van der Waals surface area contributed by atoms with E-state index in [0.717, 1.165) is 44.6 Å². The molecular formula is C21H25F6N5O5. The Hall–Kier alpha value is -3.43. The summed E-state index contributed by atoms with van der Waals surface area (Å²) in [5, 5.41) is 18.9. The van der Waals surface area contributed by atoms with Gasteiger partial charge >= 0.3 is 24.3 Å². The number of fused-ring (bicyclic) bond motifs is 1. The normalized spacial score (nSPS) is 17.1. The molecule has 0 radical (unpaired) electrons. The number of aliphatic carboxylic acids is 2. The first-order valence-corrected chi connectivity index (χ1v) is 11.0. The minimum absolute atomic E-state index is 0.343.